The smallest absolute Gasteiger partial charge is 0.0964 e. The highest BCUT2D eigenvalue weighted by Gasteiger charge is 2.04. The summed E-state index contributed by atoms with van der Waals surface area (Å²) >= 11 is 0. The van der Waals surface area contributed by atoms with Crippen LogP contribution in [-0.4, -0.2) is 31.3 Å². The minimum Gasteiger partial charge on any atom is -0.311 e. The van der Waals surface area contributed by atoms with E-state index in [0.29, 0.717) is 6.54 Å². The lowest BCUT2D eigenvalue weighted by molar-refractivity contribution is 0.648. The van der Waals surface area contributed by atoms with E-state index in [0.717, 1.165) is 30.0 Å². The van der Waals surface area contributed by atoms with Crippen LogP contribution in [-0.2, 0) is 13.1 Å². The third-order valence-electron chi connectivity index (χ3n) is 3.14. The van der Waals surface area contributed by atoms with E-state index in [1.807, 2.05) is 58.3 Å². The van der Waals surface area contributed by atoms with Gasteiger partial charge >= 0.3 is 0 Å². The second kappa shape index (κ2) is 6.32. The van der Waals surface area contributed by atoms with E-state index >= 15 is 0 Å². The van der Waals surface area contributed by atoms with Gasteiger partial charge in [-0.2, -0.15) is 5.10 Å². The van der Waals surface area contributed by atoms with Crippen LogP contribution in [0.15, 0.2) is 48.9 Å². The molecule has 1 aromatic carbocycles. The molecule has 0 aliphatic heterocycles. The fraction of sp³-hybridized carbons (Fsp3) is 0.267. The quantitative estimate of drug-likeness (QED) is 0.746. The molecule has 21 heavy (non-hydrogen) atoms. The monoisotopic (exact) mass is 282 g/mol. The molecule has 0 unspecified atom stereocenters. The number of aromatic nitrogens is 5. The molecule has 108 valence electrons. The summed E-state index contributed by atoms with van der Waals surface area (Å²) in [5, 5.41) is 15.9. The summed E-state index contributed by atoms with van der Waals surface area (Å²) in [5.74, 6) is 0. The van der Waals surface area contributed by atoms with Gasteiger partial charge in [0.15, 0.2) is 0 Å². The first-order chi connectivity index (χ1) is 10.3. The van der Waals surface area contributed by atoms with E-state index in [4.69, 9.17) is 0 Å². The molecule has 0 atom stereocenters. The van der Waals surface area contributed by atoms with E-state index in [1.54, 1.807) is 0 Å². The first-order valence-corrected chi connectivity index (χ1v) is 7.04. The summed E-state index contributed by atoms with van der Waals surface area (Å²) in [7, 11) is 0. The Hall–Kier alpha value is -2.47. The van der Waals surface area contributed by atoms with Crippen molar-refractivity contribution in [2.24, 2.45) is 0 Å². The SMILES string of the molecule is CCNCc1cn(Cc2cnn(-c3ccccc3)c2)nn1. The van der Waals surface area contributed by atoms with Crippen molar-refractivity contribution >= 4 is 0 Å². The Bertz CT molecular complexity index is 685. The van der Waals surface area contributed by atoms with Gasteiger partial charge in [0.05, 0.1) is 30.3 Å². The molecule has 0 radical (unpaired) electrons. The van der Waals surface area contributed by atoms with Gasteiger partial charge in [0.2, 0.25) is 0 Å². The molecule has 0 amide bonds. The molecule has 3 rings (SSSR count). The molecule has 0 fully saturated rings. The van der Waals surface area contributed by atoms with Crippen molar-refractivity contribution in [2.45, 2.75) is 20.0 Å². The molecule has 0 saturated carbocycles. The third-order valence-corrected chi connectivity index (χ3v) is 3.14. The van der Waals surface area contributed by atoms with Gasteiger partial charge in [-0.1, -0.05) is 30.3 Å². The molecule has 0 aliphatic rings. The van der Waals surface area contributed by atoms with Crippen LogP contribution in [0, 0.1) is 0 Å². The highest BCUT2D eigenvalue weighted by molar-refractivity contribution is 5.30. The van der Waals surface area contributed by atoms with Gasteiger partial charge in [-0.25, -0.2) is 9.36 Å². The van der Waals surface area contributed by atoms with Crippen molar-refractivity contribution < 1.29 is 0 Å². The summed E-state index contributed by atoms with van der Waals surface area (Å²) in [4.78, 5) is 0. The van der Waals surface area contributed by atoms with Crippen LogP contribution in [0.5, 0.6) is 0 Å². The maximum Gasteiger partial charge on any atom is 0.0964 e. The van der Waals surface area contributed by atoms with E-state index in [9.17, 15) is 0 Å². The van der Waals surface area contributed by atoms with Gasteiger partial charge in [0.25, 0.3) is 0 Å². The van der Waals surface area contributed by atoms with Crippen molar-refractivity contribution in [3.63, 3.8) is 0 Å². The molecule has 6 nitrogen and oxygen atoms in total. The summed E-state index contributed by atoms with van der Waals surface area (Å²) in [6.07, 6.45) is 5.84. The van der Waals surface area contributed by atoms with Crippen molar-refractivity contribution in [2.75, 3.05) is 6.54 Å². The zero-order chi connectivity index (χ0) is 14.5. The fourth-order valence-corrected chi connectivity index (χ4v) is 2.10. The highest BCUT2D eigenvalue weighted by atomic mass is 15.4. The van der Waals surface area contributed by atoms with Gasteiger partial charge in [-0.15, -0.1) is 5.10 Å². The lowest BCUT2D eigenvalue weighted by Gasteiger charge is -1.99. The number of para-hydroxylation sites is 1. The maximum absolute atomic E-state index is 4.38. The molecule has 0 aliphatic carbocycles. The van der Waals surface area contributed by atoms with E-state index in [-0.39, 0.29) is 0 Å². The zero-order valence-electron chi connectivity index (χ0n) is 12.0. The molecule has 1 N–H and O–H groups in total. The van der Waals surface area contributed by atoms with Crippen LogP contribution in [0.25, 0.3) is 5.69 Å². The maximum atomic E-state index is 4.38. The van der Waals surface area contributed by atoms with Gasteiger partial charge < -0.3 is 5.32 Å². The van der Waals surface area contributed by atoms with Crippen LogP contribution in [0.3, 0.4) is 0 Å². The second-order valence-electron chi connectivity index (χ2n) is 4.82. The second-order valence-corrected chi connectivity index (χ2v) is 4.82. The van der Waals surface area contributed by atoms with Crippen LogP contribution in [0.4, 0.5) is 0 Å². The van der Waals surface area contributed by atoms with Crippen molar-refractivity contribution in [3.8, 4) is 5.69 Å². The van der Waals surface area contributed by atoms with Crippen LogP contribution >= 0.6 is 0 Å². The summed E-state index contributed by atoms with van der Waals surface area (Å²) in [5.41, 5.74) is 3.10. The zero-order valence-corrected chi connectivity index (χ0v) is 12.0. The molecular formula is C15H18N6. The Morgan fingerprint density at radius 2 is 2.00 bits per heavy atom. The van der Waals surface area contributed by atoms with Crippen LogP contribution in [0.1, 0.15) is 18.2 Å². The summed E-state index contributed by atoms with van der Waals surface area (Å²) < 4.78 is 3.70. The molecular weight excluding hydrogens is 264 g/mol. The van der Waals surface area contributed by atoms with Gasteiger partial charge in [-0.3, -0.25) is 0 Å². The molecule has 0 spiro atoms. The first kappa shape index (κ1) is 13.5. The highest BCUT2D eigenvalue weighted by Crippen LogP contribution is 2.08. The van der Waals surface area contributed by atoms with Gasteiger partial charge in [0, 0.05) is 18.3 Å². The first-order valence-electron chi connectivity index (χ1n) is 7.04. The fourth-order valence-electron chi connectivity index (χ4n) is 2.10. The number of nitrogens with zero attached hydrogens (tertiary/aromatic N) is 5. The van der Waals surface area contributed by atoms with Crippen molar-refractivity contribution in [1.29, 1.82) is 0 Å². The summed E-state index contributed by atoms with van der Waals surface area (Å²) in [6.45, 7) is 4.42. The average molecular weight is 282 g/mol. The predicted molar refractivity (Wildman–Crippen MR) is 80.1 cm³/mol. The van der Waals surface area contributed by atoms with Crippen LogP contribution in [0.2, 0.25) is 0 Å². The molecule has 6 heteroatoms. The third kappa shape index (κ3) is 3.35. The van der Waals surface area contributed by atoms with Crippen molar-refractivity contribution in [3.05, 3.63) is 60.2 Å². The normalized spacial score (nSPS) is 10.9. The van der Waals surface area contributed by atoms with Crippen LogP contribution < -0.4 is 5.32 Å². The van der Waals surface area contributed by atoms with E-state index in [1.165, 1.54) is 0 Å². The minimum atomic E-state index is 0.673. The number of hydrogen-bond acceptors (Lipinski definition) is 4. The average Bonchev–Trinajstić information content (AvgIpc) is 3.16. The lowest BCUT2D eigenvalue weighted by Crippen LogP contribution is -2.11. The van der Waals surface area contributed by atoms with Gasteiger partial charge in [-0.05, 0) is 18.7 Å². The topological polar surface area (TPSA) is 60.6 Å². The van der Waals surface area contributed by atoms with Crippen molar-refractivity contribution in [1.82, 2.24) is 30.1 Å². The Morgan fingerprint density at radius 3 is 2.81 bits per heavy atom. The Kier molecular flexibility index (Phi) is 4.07. The molecule has 2 aromatic heterocycles. The van der Waals surface area contributed by atoms with E-state index < -0.39 is 0 Å². The number of benzene rings is 1. The van der Waals surface area contributed by atoms with E-state index in [2.05, 4.69) is 27.7 Å². The number of hydrogen-bond donors (Lipinski definition) is 1. The molecule has 0 bridgehead atoms. The predicted octanol–water partition coefficient (Wildman–Crippen LogP) is 1.62. The Balaban J connectivity index is 1.68. The minimum absolute atomic E-state index is 0.673. The largest absolute Gasteiger partial charge is 0.311 e. The number of nitrogens with one attached hydrogen (secondary N) is 1. The Morgan fingerprint density at radius 1 is 1.14 bits per heavy atom. The lowest BCUT2D eigenvalue weighted by atomic mass is 10.3. The Labute approximate surface area is 123 Å². The molecule has 2 heterocycles. The standard InChI is InChI=1S/C15H18N6/c1-2-16-9-14-12-20(19-18-14)10-13-8-17-21(11-13)15-6-4-3-5-7-15/h3-8,11-12,16H,2,9-10H2,1H3. The molecule has 0 saturated heterocycles. The molecule has 3 aromatic rings. The summed E-state index contributed by atoms with van der Waals surface area (Å²) in [6, 6.07) is 10.1. The van der Waals surface area contributed by atoms with Gasteiger partial charge in [0.1, 0.15) is 0 Å². The number of rotatable bonds is 6.